The summed E-state index contributed by atoms with van der Waals surface area (Å²) in [4.78, 5) is 3.11. The number of nitrogens with zero attached hydrogens (tertiary/aromatic N) is 1. The number of nitrogens with two attached hydrogens (primary N) is 1. The van der Waals surface area contributed by atoms with E-state index in [0.717, 1.165) is 6.07 Å². The van der Waals surface area contributed by atoms with E-state index < -0.39 is 77.7 Å². The van der Waals surface area contributed by atoms with Gasteiger partial charge in [-0.2, -0.15) is 26.3 Å². The summed E-state index contributed by atoms with van der Waals surface area (Å²) in [5.41, 5.74) is 1.70. The minimum Gasteiger partial charge on any atom is -0.443 e. The Morgan fingerprint density at radius 2 is 1.65 bits per heavy atom. The van der Waals surface area contributed by atoms with Crippen LogP contribution in [0.2, 0.25) is 0 Å². The van der Waals surface area contributed by atoms with Crippen molar-refractivity contribution in [1.82, 2.24) is 4.98 Å². The number of rotatable bonds is 4. The molecule has 3 rings (SSSR count). The smallest absolute Gasteiger partial charge is 0.433 e. The zero-order chi connectivity index (χ0) is 25.6. The molecule has 6 N–H and O–H groups in total. The van der Waals surface area contributed by atoms with Gasteiger partial charge in [-0.1, -0.05) is 6.07 Å². The summed E-state index contributed by atoms with van der Waals surface area (Å²) in [7, 11) is 0. The van der Waals surface area contributed by atoms with Crippen LogP contribution in [0, 0.1) is 5.82 Å². The molecule has 1 saturated heterocycles. The van der Waals surface area contributed by atoms with Crippen LogP contribution in [0.4, 0.5) is 30.7 Å². The van der Waals surface area contributed by atoms with Gasteiger partial charge in [-0.3, -0.25) is 10.7 Å². The van der Waals surface area contributed by atoms with Gasteiger partial charge in [0.1, 0.15) is 29.6 Å². The molecule has 2 aromatic rings. The van der Waals surface area contributed by atoms with E-state index in [-0.39, 0.29) is 5.56 Å². The molecular formula is C19H17F7N2O6. The fraction of sp³-hybridized carbons (Fsp3) is 0.421. The number of halogens is 7. The zero-order valence-corrected chi connectivity index (χ0v) is 16.7. The van der Waals surface area contributed by atoms with Crippen molar-refractivity contribution < 1.29 is 60.6 Å². The molecule has 0 bridgehead atoms. The molecule has 34 heavy (non-hydrogen) atoms. The van der Waals surface area contributed by atoms with Crippen LogP contribution < -0.4 is 10.5 Å². The molecule has 8 nitrogen and oxygen atoms in total. The lowest BCUT2D eigenvalue weighted by Gasteiger charge is -2.45. The third kappa shape index (κ3) is 4.94. The van der Waals surface area contributed by atoms with Gasteiger partial charge in [-0.25, -0.2) is 4.39 Å². The van der Waals surface area contributed by atoms with E-state index in [9.17, 15) is 51.2 Å². The summed E-state index contributed by atoms with van der Waals surface area (Å²) < 4.78 is 104. The highest BCUT2D eigenvalue weighted by molar-refractivity contribution is 5.66. The molecule has 0 radical (unpaired) electrons. The van der Waals surface area contributed by atoms with E-state index in [1.807, 2.05) is 0 Å². The largest absolute Gasteiger partial charge is 0.443 e. The maximum Gasteiger partial charge on any atom is 0.433 e. The molecule has 0 aliphatic carbocycles. The Hall–Kier alpha value is -2.56. The molecule has 0 spiro atoms. The second-order valence-electron chi connectivity index (χ2n) is 7.35. The maximum atomic E-state index is 14.8. The van der Waals surface area contributed by atoms with Gasteiger partial charge in [0.05, 0.1) is 6.61 Å². The van der Waals surface area contributed by atoms with E-state index in [4.69, 9.17) is 15.2 Å². The van der Waals surface area contributed by atoms with Crippen molar-refractivity contribution in [2.75, 3.05) is 6.61 Å². The van der Waals surface area contributed by atoms with Gasteiger partial charge >= 0.3 is 12.4 Å². The zero-order valence-electron chi connectivity index (χ0n) is 16.7. The lowest BCUT2D eigenvalue weighted by atomic mass is 9.96. The van der Waals surface area contributed by atoms with Crippen molar-refractivity contribution in [3.63, 3.8) is 0 Å². The quantitative estimate of drug-likeness (QED) is 0.313. The molecular weight excluding hydrogens is 485 g/mol. The highest BCUT2D eigenvalue weighted by Crippen LogP contribution is 2.43. The van der Waals surface area contributed by atoms with E-state index in [1.165, 1.54) is 0 Å². The van der Waals surface area contributed by atoms with Gasteiger partial charge in [0.2, 0.25) is 0 Å². The molecule has 188 valence electrons. The third-order valence-corrected chi connectivity index (χ3v) is 4.98. The molecule has 1 aliphatic heterocycles. The fourth-order valence-corrected chi connectivity index (χ4v) is 3.22. The molecule has 1 aromatic carbocycles. The monoisotopic (exact) mass is 502 g/mol. The number of hydrogen-bond acceptors (Lipinski definition) is 8. The topological polar surface area (TPSA) is 138 Å². The summed E-state index contributed by atoms with van der Waals surface area (Å²) >= 11 is 0. The van der Waals surface area contributed by atoms with Gasteiger partial charge in [-0.05, 0) is 23.8 Å². The number of pyridine rings is 1. The Labute approximate surface area is 186 Å². The first-order valence-electron chi connectivity index (χ1n) is 9.33. The number of aliphatic hydroxyl groups excluding tert-OH is 4. The second kappa shape index (κ2) is 8.90. The fourth-order valence-electron chi connectivity index (χ4n) is 3.22. The molecule has 15 heteroatoms. The number of aliphatic hydroxyl groups is 4. The summed E-state index contributed by atoms with van der Waals surface area (Å²) in [6.07, 6.45) is -17.6. The number of hydrogen-bond donors (Lipinski definition) is 5. The standard InChI is InChI=1S/C19H17F7N2O6/c20-10-4-8(7-1-2-12(28-5-7)18(24,25)26)3-9(17(21,22)23)15(10)34-19(27)16(32)14(31)13(30)11(6-29)33-19/h1-5,11,13-14,16,29-32H,6,27H2/t11-,13-,14+,16+,19+/m1/s1. The van der Waals surface area contributed by atoms with Crippen LogP contribution >= 0.6 is 0 Å². The van der Waals surface area contributed by atoms with Crippen LogP contribution in [0.15, 0.2) is 30.5 Å². The first-order chi connectivity index (χ1) is 15.6. The highest BCUT2D eigenvalue weighted by atomic mass is 19.4. The highest BCUT2D eigenvalue weighted by Gasteiger charge is 2.54. The Morgan fingerprint density at radius 3 is 2.15 bits per heavy atom. The van der Waals surface area contributed by atoms with Crippen molar-refractivity contribution in [3.8, 4) is 16.9 Å². The van der Waals surface area contributed by atoms with E-state index in [1.54, 1.807) is 0 Å². The number of aromatic nitrogens is 1. The average Bonchev–Trinajstić information content (AvgIpc) is 2.75. The normalized spacial score (nSPS) is 28.1. The van der Waals surface area contributed by atoms with E-state index in [2.05, 4.69) is 4.98 Å². The van der Waals surface area contributed by atoms with Crippen LogP contribution in [0.1, 0.15) is 11.3 Å². The van der Waals surface area contributed by atoms with Gasteiger partial charge in [0, 0.05) is 11.8 Å². The Balaban J connectivity index is 2.05. The summed E-state index contributed by atoms with van der Waals surface area (Å²) in [6, 6.07) is 2.11. The summed E-state index contributed by atoms with van der Waals surface area (Å²) in [5.74, 6) is -6.31. The molecule has 2 heterocycles. The predicted molar refractivity (Wildman–Crippen MR) is 97.2 cm³/mol. The number of benzene rings is 1. The Bertz CT molecular complexity index is 1030. The van der Waals surface area contributed by atoms with Crippen LogP contribution in [-0.4, -0.2) is 62.3 Å². The molecule has 0 saturated carbocycles. The van der Waals surface area contributed by atoms with Gasteiger partial charge < -0.3 is 29.9 Å². The van der Waals surface area contributed by atoms with Crippen LogP contribution in [0.3, 0.4) is 0 Å². The number of ether oxygens (including phenoxy) is 2. The lowest BCUT2D eigenvalue weighted by molar-refractivity contribution is -0.336. The SMILES string of the molecule is N[C@]1(Oc2c(F)cc(-c3ccc(C(F)(F)F)nc3)cc2C(F)(F)F)O[C@H](CO)[C@@H](O)[C@H](O)[C@@H]1O. The molecule has 1 fully saturated rings. The predicted octanol–water partition coefficient (Wildman–Crippen LogP) is 1.39. The third-order valence-electron chi connectivity index (χ3n) is 4.98. The molecule has 0 amide bonds. The van der Waals surface area contributed by atoms with Crippen molar-refractivity contribution in [3.05, 3.63) is 47.5 Å². The first-order valence-corrected chi connectivity index (χ1v) is 9.33. The average molecular weight is 502 g/mol. The molecule has 5 atom stereocenters. The maximum absolute atomic E-state index is 14.8. The van der Waals surface area contributed by atoms with Gasteiger partial charge in [-0.15, -0.1) is 0 Å². The summed E-state index contributed by atoms with van der Waals surface area (Å²) in [5, 5.41) is 38.9. The van der Waals surface area contributed by atoms with Crippen molar-refractivity contribution in [2.24, 2.45) is 5.73 Å². The lowest BCUT2D eigenvalue weighted by Crippen LogP contribution is -2.71. The minimum atomic E-state index is -5.30. The Kier molecular flexibility index (Phi) is 6.82. The van der Waals surface area contributed by atoms with Crippen molar-refractivity contribution in [2.45, 2.75) is 42.7 Å². The number of alkyl halides is 6. The van der Waals surface area contributed by atoms with Crippen molar-refractivity contribution in [1.29, 1.82) is 0 Å². The van der Waals surface area contributed by atoms with Gasteiger partial charge in [0.25, 0.3) is 5.91 Å². The van der Waals surface area contributed by atoms with E-state index in [0.29, 0.717) is 24.4 Å². The summed E-state index contributed by atoms with van der Waals surface area (Å²) in [6.45, 7) is -0.998. The van der Waals surface area contributed by atoms with Crippen molar-refractivity contribution >= 4 is 0 Å². The van der Waals surface area contributed by atoms with Crippen LogP contribution in [0.25, 0.3) is 11.1 Å². The molecule has 1 aromatic heterocycles. The molecule has 1 aliphatic rings. The first kappa shape index (κ1) is 26.1. The molecule has 0 unspecified atom stereocenters. The van der Waals surface area contributed by atoms with E-state index >= 15 is 0 Å². The Morgan fingerprint density at radius 1 is 1.00 bits per heavy atom. The van der Waals surface area contributed by atoms with Gasteiger partial charge in [0.15, 0.2) is 17.7 Å². The van der Waals surface area contributed by atoms with Crippen LogP contribution in [-0.2, 0) is 17.1 Å². The second-order valence-corrected chi connectivity index (χ2v) is 7.35. The van der Waals surface area contributed by atoms with Crippen LogP contribution in [0.5, 0.6) is 5.75 Å². The minimum absolute atomic E-state index is 0.292.